The van der Waals surface area contributed by atoms with Crippen molar-refractivity contribution in [3.8, 4) is 6.07 Å². The Bertz CT molecular complexity index is 322. The minimum Gasteiger partial charge on any atom is -0.462 e. The van der Waals surface area contributed by atoms with Crippen molar-refractivity contribution in [2.45, 2.75) is 45.6 Å². The number of carbonyl (C=O) groups is 1. The molecule has 0 aromatic carbocycles. The van der Waals surface area contributed by atoms with Gasteiger partial charge in [-0.2, -0.15) is 5.26 Å². The molecule has 1 aliphatic rings. The van der Waals surface area contributed by atoms with E-state index in [4.69, 9.17) is 10.00 Å². The first-order valence-corrected chi connectivity index (χ1v) is 5.73. The van der Waals surface area contributed by atoms with Gasteiger partial charge < -0.3 is 10.1 Å². The van der Waals surface area contributed by atoms with E-state index < -0.39 is 5.97 Å². The number of carbonyl (C=O) groups excluding carboxylic acids is 1. The van der Waals surface area contributed by atoms with E-state index in [1.165, 1.54) is 12.8 Å². The lowest BCUT2D eigenvalue weighted by molar-refractivity contribution is -0.138. The molecule has 0 amide bonds. The van der Waals surface area contributed by atoms with Gasteiger partial charge in [-0.05, 0) is 26.7 Å². The van der Waals surface area contributed by atoms with E-state index >= 15 is 0 Å². The van der Waals surface area contributed by atoms with Crippen molar-refractivity contribution in [1.29, 1.82) is 5.26 Å². The van der Waals surface area contributed by atoms with E-state index in [0.29, 0.717) is 18.3 Å². The van der Waals surface area contributed by atoms with Crippen LogP contribution in [0.4, 0.5) is 0 Å². The van der Waals surface area contributed by atoms with Crippen molar-refractivity contribution < 1.29 is 9.53 Å². The third-order valence-corrected chi connectivity index (χ3v) is 2.74. The molecular formula is C12H18N2O2. The first kappa shape index (κ1) is 12.6. The summed E-state index contributed by atoms with van der Waals surface area (Å²) in [6, 6.07) is 2.30. The molecule has 1 fully saturated rings. The molecule has 0 heterocycles. The van der Waals surface area contributed by atoms with Crippen molar-refractivity contribution in [3.05, 3.63) is 11.3 Å². The zero-order chi connectivity index (χ0) is 12.0. The fourth-order valence-corrected chi connectivity index (χ4v) is 1.93. The molecule has 1 aliphatic carbocycles. The van der Waals surface area contributed by atoms with Crippen LogP contribution in [0.25, 0.3) is 0 Å². The predicted molar refractivity (Wildman–Crippen MR) is 60.3 cm³/mol. The van der Waals surface area contributed by atoms with Gasteiger partial charge in [0.2, 0.25) is 0 Å². The number of hydrogen-bond donors (Lipinski definition) is 1. The van der Waals surface area contributed by atoms with Gasteiger partial charge in [0.15, 0.2) is 5.57 Å². The maximum atomic E-state index is 11.4. The van der Waals surface area contributed by atoms with Crippen LogP contribution in [0.1, 0.15) is 39.5 Å². The Kier molecular flexibility index (Phi) is 4.84. The lowest BCUT2D eigenvalue weighted by atomic mass is 10.2. The summed E-state index contributed by atoms with van der Waals surface area (Å²) in [5.74, 6) is -0.534. The van der Waals surface area contributed by atoms with Crippen LogP contribution in [0, 0.1) is 11.3 Å². The molecule has 0 spiro atoms. The van der Waals surface area contributed by atoms with E-state index in [9.17, 15) is 4.79 Å². The van der Waals surface area contributed by atoms with Gasteiger partial charge in [0, 0.05) is 11.7 Å². The summed E-state index contributed by atoms with van der Waals surface area (Å²) in [6.07, 6.45) is 4.65. The number of ether oxygens (including phenoxy) is 1. The minimum absolute atomic E-state index is 0.0914. The summed E-state index contributed by atoms with van der Waals surface area (Å²) >= 11 is 0. The molecule has 1 rings (SSSR count). The van der Waals surface area contributed by atoms with Gasteiger partial charge in [-0.1, -0.05) is 12.8 Å². The van der Waals surface area contributed by atoms with Crippen molar-refractivity contribution >= 4 is 5.97 Å². The van der Waals surface area contributed by atoms with Gasteiger partial charge >= 0.3 is 5.97 Å². The molecule has 16 heavy (non-hydrogen) atoms. The van der Waals surface area contributed by atoms with Gasteiger partial charge in [0.1, 0.15) is 6.07 Å². The molecule has 0 saturated heterocycles. The molecule has 4 heteroatoms. The van der Waals surface area contributed by atoms with Gasteiger partial charge in [0.25, 0.3) is 0 Å². The van der Waals surface area contributed by atoms with Crippen LogP contribution in [0.15, 0.2) is 11.3 Å². The van der Waals surface area contributed by atoms with Crippen LogP contribution in [0.3, 0.4) is 0 Å². The second-order valence-electron chi connectivity index (χ2n) is 3.96. The van der Waals surface area contributed by atoms with Crippen molar-refractivity contribution in [1.82, 2.24) is 5.32 Å². The lowest BCUT2D eigenvalue weighted by Gasteiger charge is -2.14. The molecule has 0 atom stereocenters. The molecule has 0 bridgehead atoms. The third-order valence-electron chi connectivity index (χ3n) is 2.74. The summed E-state index contributed by atoms with van der Waals surface area (Å²) < 4.78 is 4.82. The quantitative estimate of drug-likeness (QED) is 0.448. The molecule has 0 aromatic heterocycles. The van der Waals surface area contributed by atoms with Crippen molar-refractivity contribution in [2.75, 3.05) is 6.61 Å². The standard InChI is InChI=1S/C12H18N2O2/c1-3-16-12(15)11(8-13)9(2)14-10-6-4-5-7-10/h10,14H,3-7H2,1-2H3/b11-9+. The average Bonchev–Trinajstić information content (AvgIpc) is 2.71. The first-order valence-electron chi connectivity index (χ1n) is 5.73. The molecule has 1 N–H and O–H groups in total. The van der Waals surface area contributed by atoms with Gasteiger partial charge in [0.05, 0.1) is 6.61 Å². The fraction of sp³-hybridized carbons (Fsp3) is 0.667. The number of rotatable bonds is 4. The summed E-state index contributed by atoms with van der Waals surface area (Å²) in [5, 5.41) is 12.1. The molecule has 0 aliphatic heterocycles. The van der Waals surface area contributed by atoms with Crippen LogP contribution >= 0.6 is 0 Å². The number of nitrogens with one attached hydrogen (secondary N) is 1. The Morgan fingerprint density at radius 3 is 2.62 bits per heavy atom. The molecule has 0 unspecified atom stereocenters. The highest BCUT2D eigenvalue weighted by molar-refractivity contribution is 5.93. The van der Waals surface area contributed by atoms with E-state index in [2.05, 4.69) is 5.32 Å². The third kappa shape index (κ3) is 3.27. The Hall–Kier alpha value is -1.50. The Morgan fingerprint density at radius 2 is 2.12 bits per heavy atom. The number of allylic oxidation sites excluding steroid dienone is 1. The largest absolute Gasteiger partial charge is 0.462 e. The van der Waals surface area contributed by atoms with Crippen LogP contribution in [0.2, 0.25) is 0 Å². The van der Waals surface area contributed by atoms with Crippen LogP contribution in [-0.2, 0) is 9.53 Å². The summed E-state index contributed by atoms with van der Waals surface area (Å²) in [6.45, 7) is 3.78. The van der Waals surface area contributed by atoms with Gasteiger partial charge in [-0.15, -0.1) is 0 Å². The SMILES string of the molecule is CCOC(=O)/C(C#N)=C(\C)NC1CCCC1. The first-order chi connectivity index (χ1) is 7.69. The zero-order valence-electron chi connectivity index (χ0n) is 9.88. The maximum absolute atomic E-state index is 11.4. The fourth-order valence-electron chi connectivity index (χ4n) is 1.93. The average molecular weight is 222 g/mol. The zero-order valence-corrected chi connectivity index (χ0v) is 9.88. The summed E-state index contributed by atoms with van der Waals surface area (Å²) in [4.78, 5) is 11.4. The molecular weight excluding hydrogens is 204 g/mol. The highest BCUT2D eigenvalue weighted by Gasteiger charge is 2.18. The molecule has 4 nitrogen and oxygen atoms in total. The number of nitrogens with zero attached hydrogens (tertiary/aromatic N) is 1. The van der Waals surface area contributed by atoms with Crippen molar-refractivity contribution in [3.63, 3.8) is 0 Å². The monoisotopic (exact) mass is 222 g/mol. The molecule has 88 valence electrons. The van der Waals surface area contributed by atoms with E-state index in [1.54, 1.807) is 13.8 Å². The number of esters is 1. The Balaban J connectivity index is 2.66. The normalized spacial score (nSPS) is 17.6. The van der Waals surface area contributed by atoms with Crippen LogP contribution in [-0.4, -0.2) is 18.6 Å². The summed E-state index contributed by atoms with van der Waals surface area (Å²) in [5.41, 5.74) is 0.724. The lowest BCUT2D eigenvalue weighted by Crippen LogP contribution is -2.26. The predicted octanol–water partition coefficient (Wildman–Crippen LogP) is 1.88. The highest BCUT2D eigenvalue weighted by Crippen LogP contribution is 2.19. The van der Waals surface area contributed by atoms with Gasteiger partial charge in [-0.25, -0.2) is 4.79 Å². The van der Waals surface area contributed by atoms with Crippen LogP contribution in [0.5, 0.6) is 0 Å². The van der Waals surface area contributed by atoms with E-state index in [-0.39, 0.29) is 5.57 Å². The minimum atomic E-state index is -0.534. The Morgan fingerprint density at radius 1 is 1.50 bits per heavy atom. The topological polar surface area (TPSA) is 62.1 Å². The van der Waals surface area contributed by atoms with E-state index in [1.807, 2.05) is 6.07 Å². The molecule has 0 aromatic rings. The van der Waals surface area contributed by atoms with Crippen LogP contribution < -0.4 is 5.32 Å². The van der Waals surface area contributed by atoms with E-state index in [0.717, 1.165) is 12.8 Å². The number of hydrogen-bond acceptors (Lipinski definition) is 4. The molecule has 1 saturated carbocycles. The second-order valence-corrected chi connectivity index (χ2v) is 3.96. The molecule has 0 radical (unpaired) electrons. The second kappa shape index (κ2) is 6.16. The number of nitriles is 1. The van der Waals surface area contributed by atoms with Gasteiger partial charge in [-0.3, -0.25) is 0 Å². The summed E-state index contributed by atoms with van der Waals surface area (Å²) in [7, 11) is 0. The highest BCUT2D eigenvalue weighted by atomic mass is 16.5. The smallest absolute Gasteiger partial charge is 0.350 e. The van der Waals surface area contributed by atoms with Crippen molar-refractivity contribution in [2.24, 2.45) is 0 Å². The Labute approximate surface area is 96.3 Å². The maximum Gasteiger partial charge on any atom is 0.350 e.